The monoisotopic (exact) mass is 436 g/mol. The number of benzene rings is 2. The first kappa shape index (κ1) is 20.2. The summed E-state index contributed by atoms with van der Waals surface area (Å²) in [5, 5.41) is 5.85. The van der Waals surface area contributed by atoms with Crippen LogP contribution < -0.4 is 20.1 Å². The Morgan fingerprint density at radius 3 is 2.62 bits per heavy atom. The molecule has 138 valence electrons. The van der Waals surface area contributed by atoms with E-state index in [9.17, 15) is 4.79 Å². The Bertz CT molecular complexity index is 796. The number of para-hydroxylation sites is 2. The summed E-state index contributed by atoms with van der Waals surface area (Å²) < 4.78 is 12.0. The predicted octanol–water partition coefficient (Wildman–Crippen LogP) is 4.76. The zero-order valence-electron chi connectivity index (χ0n) is 14.8. The van der Waals surface area contributed by atoms with Crippen LogP contribution in [0.4, 0.5) is 5.69 Å². The summed E-state index contributed by atoms with van der Waals surface area (Å²) in [4.78, 5) is 12.6. The lowest BCUT2D eigenvalue weighted by Crippen LogP contribution is -2.34. The number of rotatable bonds is 6. The molecule has 26 heavy (non-hydrogen) atoms. The molecule has 0 bridgehead atoms. The maximum Gasteiger partial charge on any atom is 0.261 e. The summed E-state index contributed by atoms with van der Waals surface area (Å²) in [6.45, 7) is 6.24. The minimum atomic E-state index is -0.353. The van der Waals surface area contributed by atoms with Gasteiger partial charge >= 0.3 is 0 Å². The van der Waals surface area contributed by atoms with Crippen LogP contribution in [0.25, 0.3) is 0 Å². The standard InChI is InChI=1S/C19H21BrN2O3S/c1-4-24-17-8-6-5-7-15(17)21-19(26)22-18(23)14-11-13(20)9-10-16(14)25-12(2)3/h5-12H,4H2,1-3H3,(H2,21,22,23,26). The topological polar surface area (TPSA) is 59.6 Å². The highest BCUT2D eigenvalue weighted by Crippen LogP contribution is 2.25. The number of carbonyl (C=O) groups is 1. The van der Waals surface area contributed by atoms with Crippen LogP contribution >= 0.6 is 28.1 Å². The molecule has 0 saturated carbocycles. The minimum absolute atomic E-state index is 0.0501. The molecule has 5 nitrogen and oxygen atoms in total. The fourth-order valence-electron chi connectivity index (χ4n) is 2.21. The fraction of sp³-hybridized carbons (Fsp3) is 0.263. The maximum absolute atomic E-state index is 12.6. The number of amides is 1. The number of hydrogen-bond donors (Lipinski definition) is 2. The van der Waals surface area contributed by atoms with Crippen molar-refractivity contribution in [1.29, 1.82) is 0 Å². The van der Waals surface area contributed by atoms with Gasteiger partial charge in [-0.05, 0) is 63.3 Å². The van der Waals surface area contributed by atoms with Gasteiger partial charge in [-0.2, -0.15) is 0 Å². The largest absolute Gasteiger partial charge is 0.492 e. The molecule has 0 aliphatic carbocycles. The first-order chi connectivity index (χ1) is 12.4. The van der Waals surface area contributed by atoms with E-state index in [4.69, 9.17) is 21.7 Å². The Morgan fingerprint density at radius 2 is 1.92 bits per heavy atom. The summed E-state index contributed by atoms with van der Waals surface area (Å²) in [6.07, 6.45) is -0.0501. The lowest BCUT2D eigenvalue weighted by molar-refractivity contribution is 0.0972. The molecule has 0 spiro atoms. The van der Waals surface area contributed by atoms with Gasteiger partial charge in [-0.1, -0.05) is 28.1 Å². The van der Waals surface area contributed by atoms with Crippen molar-refractivity contribution in [3.63, 3.8) is 0 Å². The third-order valence-electron chi connectivity index (χ3n) is 3.21. The van der Waals surface area contributed by atoms with Gasteiger partial charge < -0.3 is 14.8 Å². The summed E-state index contributed by atoms with van der Waals surface area (Å²) in [7, 11) is 0. The SMILES string of the molecule is CCOc1ccccc1NC(=S)NC(=O)c1cc(Br)ccc1OC(C)C. The molecule has 2 aromatic rings. The van der Waals surface area contributed by atoms with E-state index >= 15 is 0 Å². The molecule has 7 heteroatoms. The van der Waals surface area contributed by atoms with Gasteiger partial charge in [0.1, 0.15) is 11.5 Å². The predicted molar refractivity (Wildman–Crippen MR) is 111 cm³/mol. The molecule has 0 radical (unpaired) electrons. The van der Waals surface area contributed by atoms with E-state index in [-0.39, 0.29) is 17.1 Å². The summed E-state index contributed by atoms with van der Waals surface area (Å²) in [5.41, 5.74) is 1.09. The molecule has 0 aliphatic heterocycles. The average Bonchev–Trinajstić information content (AvgIpc) is 2.58. The van der Waals surface area contributed by atoms with E-state index < -0.39 is 0 Å². The van der Waals surface area contributed by atoms with Crippen molar-refractivity contribution in [2.75, 3.05) is 11.9 Å². The molecular weight excluding hydrogens is 416 g/mol. The Morgan fingerprint density at radius 1 is 1.19 bits per heavy atom. The highest BCUT2D eigenvalue weighted by Gasteiger charge is 2.16. The van der Waals surface area contributed by atoms with Crippen LogP contribution in [0.3, 0.4) is 0 Å². The van der Waals surface area contributed by atoms with Crippen LogP contribution in [0, 0.1) is 0 Å². The first-order valence-corrected chi connectivity index (χ1v) is 9.41. The number of carbonyl (C=O) groups excluding carboxylic acids is 1. The van der Waals surface area contributed by atoms with Crippen LogP contribution in [0.5, 0.6) is 11.5 Å². The molecule has 0 saturated heterocycles. The molecular formula is C19H21BrN2O3S. The van der Waals surface area contributed by atoms with Gasteiger partial charge in [0, 0.05) is 4.47 Å². The van der Waals surface area contributed by atoms with Crippen molar-refractivity contribution in [3.8, 4) is 11.5 Å². The van der Waals surface area contributed by atoms with Crippen LogP contribution in [-0.4, -0.2) is 23.7 Å². The normalized spacial score (nSPS) is 10.3. The van der Waals surface area contributed by atoms with Crippen LogP contribution in [0.1, 0.15) is 31.1 Å². The molecule has 2 N–H and O–H groups in total. The van der Waals surface area contributed by atoms with Gasteiger partial charge in [-0.3, -0.25) is 10.1 Å². The molecule has 0 unspecified atom stereocenters. The van der Waals surface area contributed by atoms with Crippen LogP contribution in [0.2, 0.25) is 0 Å². The van der Waals surface area contributed by atoms with Crippen LogP contribution in [0.15, 0.2) is 46.9 Å². The molecule has 0 heterocycles. The summed E-state index contributed by atoms with van der Waals surface area (Å²) >= 11 is 8.65. The van der Waals surface area contributed by atoms with Gasteiger partial charge in [-0.25, -0.2) is 0 Å². The lowest BCUT2D eigenvalue weighted by atomic mass is 10.2. The highest BCUT2D eigenvalue weighted by atomic mass is 79.9. The number of hydrogen-bond acceptors (Lipinski definition) is 4. The number of thiocarbonyl (C=S) groups is 1. The third kappa shape index (κ3) is 5.71. The zero-order valence-corrected chi connectivity index (χ0v) is 17.2. The van der Waals surface area contributed by atoms with Gasteiger partial charge in [0.05, 0.1) is 24.0 Å². The van der Waals surface area contributed by atoms with Crippen molar-refractivity contribution in [2.24, 2.45) is 0 Å². The number of ether oxygens (including phenoxy) is 2. The van der Waals surface area contributed by atoms with Crippen molar-refractivity contribution < 1.29 is 14.3 Å². The Labute approximate surface area is 167 Å². The average molecular weight is 437 g/mol. The van der Waals surface area contributed by atoms with Crippen LogP contribution in [-0.2, 0) is 0 Å². The van der Waals surface area contributed by atoms with E-state index in [0.29, 0.717) is 29.4 Å². The first-order valence-electron chi connectivity index (χ1n) is 8.21. The van der Waals surface area contributed by atoms with Gasteiger partial charge in [0.25, 0.3) is 5.91 Å². The smallest absolute Gasteiger partial charge is 0.261 e. The Balaban J connectivity index is 2.13. The molecule has 0 aromatic heterocycles. The van der Waals surface area contributed by atoms with E-state index in [1.165, 1.54) is 0 Å². The lowest BCUT2D eigenvalue weighted by Gasteiger charge is -2.16. The summed E-state index contributed by atoms with van der Waals surface area (Å²) in [6, 6.07) is 12.7. The third-order valence-corrected chi connectivity index (χ3v) is 3.91. The second kappa shape index (κ2) is 9.54. The second-order valence-electron chi connectivity index (χ2n) is 5.64. The second-order valence-corrected chi connectivity index (χ2v) is 6.97. The van der Waals surface area contributed by atoms with E-state index in [1.54, 1.807) is 12.1 Å². The number of halogens is 1. The molecule has 1 amide bonds. The van der Waals surface area contributed by atoms with E-state index in [1.807, 2.05) is 51.1 Å². The van der Waals surface area contributed by atoms with Gasteiger partial charge in [-0.15, -0.1) is 0 Å². The number of nitrogens with one attached hydrogen (secondary N) is 2. The quantitative estimate of drug-likeness (QED) is 0.639. The molecule has 0 aliphatic rings. The van der Waals surface area contributed by atoms with Gasteiger partial charge in [0.15, 0.2) is 5.11 Å². The molecule has 0 fully saturated rings. The molecule has 0 atom stereocenters. The Hall–Kier alpha value is -2.12. The van der Waals surface area contributed by atoms with Gasteiger partial charge in [0.2, 0.25) is 0 Å². The summed E-state index contributed by atoms with van der Waals surface area (Å²) in [5.74, 6) is 0.810. The number of anilines is 1. The van der Waals surface area contributed by atoms with E-state index in [0.717, 1.165) is 4.47 Å². The fourth-order valence-corrected chi connectivity index (χ4v) is 2.78. The minimum Gasteiger partial charge on any atom is -0.492 e. The van der Waals surface area contributed by atoms with Crippen molar-refractivity contribution in [3.05, 3.63) is 52.5 Å². The maximum atomic E-state index is 12.6. The van der Waals surface area contributed by atoms with Crippen molar-refractivity contribution in [2.45, 2.75) is 26.9 Å². The van der Waals surface area contributed by atoms with Crippen molar-refractivity contribution in [1.82, 2.24) is 5.32 Å². The molecule has 2 rings (SSSR count). The highest BCUT2D eigenvalue weighted by molar-refractivity contribution is 9.10. The zero-order chi connectivity index (χ0) is 19.1. The van der Waals surface area contributed by atoms with E-state index in [2.05, 4.69) is 26.6 Å². The van der Waals surface area contributed by atoms with Crippen molar-refractivity contribution >= 4 is 44.9 Å². The Kier molecular flexibility index (Phi) is 7.41. The molecule has 2 aromatic carbocycles.